The second-order valence-corrected chi connectivity index (χ2v) is 2.41. The summed E-state index contributed by atoms with van der Waals surface area (Å²) in [4.78, 5) is 0.632. The standard InChI is InChI=1S/C6H6O2S2/c9-5-1-2-7-3-4-8-6(5)10/h1-4,9-10H. The maximum absolute atomic E-state index is 4.91. The first-order valence-corrected chi connectivity index (χ1v) is 3.46. The summed E-state index contributed by atoms with van der Waals surface area (Å²) in [5, 5.41) is 0.458. The largest absolute Gasteiger partial charge is 0.469 e. The topological polar surface area (TPSA) is 26.3 Å². The molecule has 0 aliphatic carbocycles. The lowest BCUT2D eigenvalue weighted by Gasteiger charge is -1.89. The Morgan fingerprint density at radius 2 is 1.90 bits per heavy atom. The van der Waals surface area contributed by atoms with E-state index in [1.165, 1.54) is 18.8 Å². The quantitative estimate of drug-likeness (QED) is 0.591. The van der Waals surface area contributed by atoms with Crippen molar-refractivity contribution in [1.29, 1.82) is 0 Å². The van der Waals surface area contributed by atoms with Crippen LogP contribution in [0, 0.1) is 0 Å². The molecule has 0 atom stereocenters. The highest BCUT2D eigenvalue weighted by Crippen LogP contribution is 2.13. The zero-order valence-electron chi connectivity index (χ0n) is 5.02. The molecule has 1 rings (SSSR count). The van der Waals surface area contributed by atoms with Gasteiger partial charge in [0.1, 0.15) is 12.5 Å². The van der Waals surface area contributed by atoms with Crippen LogP contribution in [0.25, 0.3) is 0 Å². The van der Waals surface area contributed by atoms with Gasteiger partial charge in [-0.05, 0) is 6.07 Å². The first-order chi connectivity index (χ1) is 4.80. The first kappa shape index (κ1) is 7.63. The SMILES string of the molecule is Sc1ccoccoc1S. The van der Waals surface area contributed by atoms with E-state index >= 15 is 0 Å². The van der Waals surface area contributed by atoms with Crippen molar-refractivity contribution in [2.75, 3.05) is 0 Å². The molecule has 0 amide bonds. The average molecular weight is 174 g/mol. The van der Waals surface area contributed by atoms with E-state index in [0.717, 1.165) is 0 Å². The highest BCUT2D eigenvalue weighted by molar-refractivity contribution is 7.83. The van der Waals surface area contributed by atoms with Crippen LogP contribution in [0.4, 0.5) is 0 Å². The molecule has 0 radical (unpaired) electrons. The van der Waals surface area contributed by atoms with Crippen LogP contribution in [0.5, 0.6) is 0 Å². The lowest BCUT2D eigenvalue weighted by Crippen LogP contribution is -1.63. The summed E-state index contributed by atoms with van der Waals surface area (Å²) in [6.45, 7) is 0. The molecule has 1 heterocycles. The molecule has 0 aliphatic rings. The zero-order valence-corrected chi connectivity index (χ0v) is 6.81. The van der Waals surface area contributed by atoms with Crippen molar-refractivity contribution < 1.29 is 8.83 Å². The van der Waals surface area contributed by atoms with Crippen LogP contribution in [0.3, 0.4) is 0 Å². The van der Waals surface area contributed by atoms with Crippen molar-refractivity contribution in [3.05, 3.63) is 24.9 Å². The van der Waals surface area contributed by atoms with E-state index in [1.54, 1.807) is 6.07 Å². The van der Waals surface area contributed by atoms with Gasteiger partial charge in [-0.15, -0.1) is 25.3 Å². The minimum absolute atomic E-state index is 0.458. The van der Waals surface area contributed by atoms with Crippen LogP contribution in [0.1, 0.15) is 0 Å². The van der Waals surface area contributed by atoms with Gasteiger partial charge in [0.05, 0.1) is 11.2 Å². The average Bonchev–Trinajstić information content (AvgIpc) is 1.92. The normalized spacial score (nSPS) is 9.00. The molecular formula is C6H6O2S2. The molecule has 2 nitrogen and oxygen atoms in total. The lowest BCUT2D eigenvalue weighted by molar-refractivity contribution is 0.416. The summed E-state index contributed by atoms with van der Waals surface area (Å²) < 4.78 is 9.70. The molecule has 4 heteroatoms. The third-order valence-corrected chi connectivity index (χ3v) is 1.71. The molecule has 0 saturated carbocycles. The second kappa shape index (κ2) is 3.63. The molecule has 1 aromatic heterocycles. The van der Waals surface area contributed by atoms with Gasteiger partial charge in [0.2, 0.25) is 0 Å². The summed E-state index contributed by atoms with van der Waals surface area (Å²) >= 11 is 8.05. The molecule has 54 valence electrons. The van der Waals surface area contributed by atoms with Crippen molar-refractivity contribution >= 4 is 25.3 Å². The molecule has 0 N–H and O–H groups in total. The summed E-state index contributed by atoms with van der Waals surface area (Å²) in [5.74, 6) is 0. The Morgan fingerprint density at radius 1 is 1.10 bits per heavy atom. The van der Waals surface area contributed by atoms with Crippen molar-refractivity contribution in [2.24, 2.45) is 0 Å². The van der Waals surface area contributed by atoms with Gasteiger partial charge in [-0.1, -0.05) is 0 Å². The third-order valence-electron chi connectivity index (χ3n) is 0.837. The molecule has 10 heavy (non-hydrogen) atoms. The summed E-state index contributed by atoms with van der Waals surface area (Å²) in [6, 6.07) is 1.65. The van der Waals surface area contributed by atoms with Gasteiger partial charge in [0, 0.05) is 0 Å². The number of hydrogen-bond donors (Lipinski definition) is 2. The Morgan fingerprint density at radius 3 is 2.70 bits per heavy atom. The number of thiol groups is 2. The van der Waals surface area contributed by atoms with Crippen LogP contribution in [0.2, 0.25) is 0 Å². The van der Waals surface area contributed by atoms with E-state index < -0.39 is 0 Å². The Kier molecular flexibility index (Phi) is 2.77. The Labute approximate surface area is 69.4 Å². The molecule has 0 spiro atoms. The fourth-order valence-corrected chi connectivity index (χ4v) is 0.654. The minimum atomic E-state index is 0.458. The first-order valence-electron chi connectivity index (χ1n) is 2.56. The minimum Gasteiger partial charge on any atom is -0.469 e. The van der Waals surface area contributed by atoms with Crippen molar-refractivity contribution in [3.8, 4) is 0 Å². The predicted molar refractivity (Wildman–Crippen MR) is 43.1 cm³/mol. The molecule has 0 unspecified atom stereocenters. The van der Waals surface area contributed by atoms with Gasteiger partial charge < -0.3 is 8.83 Å². The number of rotatable bonds is 0. The van der Waals surface area contributed by atoms with Crippen LogP contribution in [0.15, 0.2) is 43.7 Å². The molecule has 0 fully saturated rings. The van der Waals surface area contributed by atoms with Gasteiger partial charge in [-0.3, -0.25) is 0 Å². The highest BCUT2D eigenvalue weighted by Gasteiger charge is 1.87. The van der Waals surface area contributed by atoms with Crippen LogP contribution >= 0.6 is 25.3 Å². The van der Waals surface area contributed by atoms with E-state index in [-0.39, 0.29) is 0 Å². The molecule has 1 aromatic rings. The van der Waals surface area contributed by atoms with E-state index in [0.29, 0.717) is 9.99 Å². The monoisotopic (exact) mass is 174 g/mol. The maximum Gasteiger partial charge on any atom is 0.170 e. The fraction of sp³-hybridized carbons (Fsp3) is 0. The number of hydrogen-bond acceptors (Lipinski definition) is 4. The van der Waals surface area contributed by atoms with Gasteiger partial charge in [0.15, 0.2) is 5.09 Å². The van der Waals surface area contributed by atoms with Crippen molar-refractivity contribution in [1.82, 2.24) is 0 Å². The van der Waals surface area contributed by atoms with Gasteiger partial charge >= 0.3 is 0 Å². The molecular weight excluding hydrogens is 168 g/mol. The predicted octanol–water partition coefficient (Wildman–Crippen LogP) is 2.57. The van der Waals surface area contributed by atoms with E-state index in [9.17, 15) is 0 Å². The van der Waals surface area contributed by atoms with E-state index in [4.69, 9.17) is 8.83 Å². The van der Waals surface area contributed by atoms with Gasteiger partial charge in [-0.25, -0.2) is 0 Å². The molecule has 0 aromatic carbocycles. The van der Waals surface area contributed by atoms with E-state index in [2.05, 4.69) is 25.3 Å². The third kappa shape index (κ3) is 2.04. The van der Waals surface area contributed by atoms with Gasteiger partial charge in [0.25, 0.3) is 0 Å². The smallest absolute Gasteiger partial charge is 0.170 e. The summed E-state index contributed by atoms with van der Waals surface area (Å²) in [7, 11) is 0. The lowest BCUT2D eigenvalue weighted by atomic mass is 10.6. The molecule has 0 bridgehead atoms. The van der Waals surface area contributed by atoms with Crippen LogP contribution < -0.4 is 0 Å². The maximum atomic E-state index is 4.91. The summed E-state index contributed by atoms with van der Waals surface area (Å²) in [5.41, 5.74) is 0. The summed E-state index contributed by atoms with van der Waals surface area (Å²) in [6.07, 6.45) is 4.30. The zero-order chi connectivity index (χ0) is 7.40. The van der Waals surface area contributed by atoms with Crippen molar-refractivity contribution in [2.45, 2.75) is 9.99 Å². The van der Waals surface area contributed by atoms with Crippen LogP contribution in [-0.4, -0.2) is 0 Å². The van der Waals surface area contributed by atoms with Crippen LogP contribution in [-0.2, 0) is 0 Å². The molecule has 0 aliphatic heterocycles. The van der Waals surface area contributed by atoms with E-state index in [1.807, 2.05) is 0 Å². The van der Waals surface area contributed by atoms with Crippen molar-refractivity contribution in [3.63, 3.8) is 0 Å². The second-order valence-electron chi connectivity index (χ2n) is 1.52. The Hall–Kier alpha value is -0.480. The Bertz CT molecular complexity index is 224. The fourth-order valence-electron chi connectivity index (χ4n) is 0.405. The highest BCUT2D eigenvalue weighted by atomic mass is 32.1. The Balaban J connectivity index is 3.22. The van der Waals surface area contributed by atoms with Gasteiger partial charge in [-0.2, -0.15) is 0 Å². The molecule has 0 saturated heterocycles.